The van der Waals surface area contributed by atoms with E-state index < -0.39 is 20.0 Å². The highest BCUT2D eigenvalue weighted by Crippen LogP contribution is 1.69. The molecule has 4 amide bonds. The van der Waals surface area contributed by atoms with Crippen LogP contribution in [0.2, 0.25) is 0 Å². The maximum atomic E-state index is 9.96. The molecule has 0 rings (SSSR count). The third kappa shape index (κ3) is 225. The molecule has 0 bridgehead atoms. The second kappa shape index (κ2) is 57.4. The number of carbonyl (C=O) groups is 4. The van der Waals surface area contributed by atoms with Crippen LogP contribution in [0.25, 0.3) is 0 Å². The molecule has 0 aromatic heterocycles. The van der Waals surface area contributed by atoms with Gasteiger partial charge in [0.1, 0.15) is 0 Å². The molecule has 0 radical (unpaired) electrons. The fourth-order valence-electron chi connectivity index (χ4n) is 0.328. The van der Waals surface area contributed by atoms with E-state index >= 15 is 0 Å². The van der Waals surface area contributed by atoms with E-state index in [-0.39, 0.29) is 75.8 Å². The van der Waals surface area contributed by atoms with Gasteiger partial charge >= 0.3 is 12.0 Å². The van der Waals surface area contributed by atoms with Gasteiger partial charge in [0.05, 0.1) is 19.1 Å². The Morgan fingerprint density at radius 3 is 0.707 bits per heavy atom. The first-order valence-corrected chi connectivity index (χ1v) is 13.2. The van der Waals surface area contributed by atoms with Crippen LogP contribution in [0.3, 0.4) is 0 Å². The zero-order chi connectivity index (χ0) is 29.0. The van der Waals surface area contributed by atoms with E-state index in [1.165, 1.54) is 34.9 Å². The van der Waals surface area contributed by atoms with Crippen molar-refractivity contribution in [2.24, 2.45) is 0 Å². The molecule has 0 aliphatic rings. The lowest BCUT2D eigenvalue weighted by Crippen LogP contribution is -2.28. The molecule has 0 aromatic rings. The van der Waals surface area contributed by atoms with Crippen LogP contribution in [0.5, 0.6) is 0 Å². The van der Waals surface area contributed by atoms with Crippen LogP contribution in [0.4, 0.5) is 4.79 Å². The number of rotatable bonds is 3. The molecule has 0 unspecified atom stereocenters. The van der Waals surface area contributed by atoms with Crippen LogP contribution in [0.1, 0.15) is 79.7 Å². The van der Waals surface area contributed by atoms with Crippen LogP contribution in [0.15, 0.2) is 0 Å². The van der Waals surface area contributed by atoms with Gasteiger partial charge in [0, 0.05) is 49.0 Å². The Morgan fingerprint density at radius 2 is 0.707 bits per heavy atom. The molecule has 0 aromatic carbocycles. The summed E-state index contributed by atoms with van der Waals surface area (Å²) in [5.74, 6) is -0.201. The van der Waals surface area contributed by atoms with Gasteiger partial charge in [-0.15, -0.1) is 0 Å². The van der Waals surface area contributed by atoms with Crippen molar-refractivity contribution in [1.29, 1.82) is 0 Å². The Morgan fingerprint density at radius 1 is 0.537 bits per heavy atom. The zero-order valence-corrected chi connectivity index (χ0v) is 23.8. The minimum absolute atomic E-state index is 0. The number of nitrogens with one attached hydrogen (secondary N) is 6. The van der Waals surface area contributed by atoms with Gasteiger partial charge in [0.25, 0.3) is 0 Å². The molecule has 0 saturated heterocycles. The second-order valence-corrected chi connectivity index (χ2v) is 9.22. The molecule has 0 spiro atoms. The monoisotopic (exact) mass is 652 g/mol. The summed E-state index contributed by atoms with van der Waals surface area (Å²) in [5.41, 5.74) is 0. The molecule has 17 heteroatoms. The number of carbonyl (C=O) groups excluding carboxylic acids is 4. The third-order valence-corrected chi connectivity index (χ3v) is 3.73. The van der Waals surface area contributed by atoms with Crippen molar-refractivity contribution < 1.29 is 40.8 Å². The second-order valence-electron chi connectivity index (χ2n) is 5.32. The van der Waals surface area contributed by atoms with Gasteiger partial charge in [0.2, 0.25) is 31.9 Å². The van der Waals surface area contributed by atoms with Gasteiger partial charge in [-0.25, -0.2) is 31.1 Å². The van der Waals surface area contributed by atoms with Gasteiger partial charge in [-0.1, -0.05) is 52.0 Å². The summed E-state index contributed by atoms with van der Waals surface area (Å²) in [5, 5.41) is 9.51. The van der Waals surface area contributed by atoms with Crippen LogP contribution < -0.4 is 30.7 Å². The summed E-state index contributed by atoms with van der Waals surface area (Å²) in [4.78, 5) is 39.2. The normalized spacial score (nSPS) is 7.22. The van der Waals surface area contributed by atoms with Crippen LogP contribution in [0, 0.1) is 0 Å². The van der Waals surface area contributed by atoms with Gasteiger partial charge in [-0.05, 0) is 21.0 Å². The SMILES string of the molecule is C.C.C.C.C.C.C.CCOC(C)=O.CNC(=O)NC.CNC(C)=O.CNC(C)=O.CNS(C)(=O)=O.CNS(C)(=O)=O. The zero-order valence-electron chi connectivity index (χ0n) is 22.2. The lowest BCUT2D eigenvalue weighted by Gasteiger charge is -1.91. The molecular formula is C24H72N6O9S2. The van der Waals surface area contributed by atoms with Gasteiger partial charge < -0.3 is 26.0 Å². The summed E-state index contributed by atoms with van der Waals surface area (Å²) in [6.07, 6.45) is 2.21. The molecule has 41 heavy (non-hydrogen) atoms. The summed E-state index contributed by atoms with van der Waals surface area (Å²) >= 11 is 0. The van der Waals surface area contributed by atoms with Crippen molar-refractivity contribution in [2.45, 2.75) is 79.7 Å². The number of hydrogen-bond donors (Lipinski definition) is 6. The topological polar surface area (TPSA) is 218 Å². The molecule has 264 valence electrons. The molecule has 15 nitrogen and oxygen atoms in total. The number of hydrogen-bond acceptors (Lipinski definition) is 9. The van der Waals surface area contributed by atoms with Crippen molar-refractivity contribution in [3.8, 4) is 0 Å². The molecule has 0 atom stereocenters. The lowest BCUT2D eigenvalue weighted by molar-refractivity contribution is -0.140. The Hall–Kier alpha value is -2.50. The van der Waals surface area contributed by atoms with Crippen molar-refractivity contribution in [2.75, 3.05) is 61.4 Å². The molecular weight excluding hydrogens is 580 g/mol. The minimum atomic E-state index is -2.91. The molecule has 6 N–H and O–H groups in total. The Labute approximate surface area is 256 Å². The van der Waals surface area contributed by atoms with Crippen LogP contribution in [-0.2, 0) is 39.2 Å². The first-order chi connectivity index (χ1) is 15.2. The largest absolute Gasteiger partial charge is 0.466 e. The third-order valence-electron chi connectivity index (χ3n) is 2.25. The molecule has 0 heterocycles. The molecule has 0 aliphatic heterocycles. The highest BCUT2D eigenvalue weighted by Gasteiger charge is 1.89. The Balaban J connectivity index is -0.0000000202. The fraction of sp³-hybridized carbons (Fsp3) is 0.833. The molecule has 0 saturated carbocycles. The smallest absolute Gasteiger partial charge is 0.314 e. The Kier molecular flexibility index (Phi) is 117. The fourth-order valence-corrected chi connectivity index (χ4v) is 0.328. The van der Waals surface area contributed by atoms with E-state index in [1.54, 1.807) is 35.1 Å². The number of urea groups is 1. The molecule has 0 fully saturated rings. The van der Waals surface area contributed by atoms with E-state index in [1.807, 2.05) is 0 Å². The van der Waals surface area contributed by atoms with E-state index in [0.29, 0.717) is 6.61 Å². The van der Waals surface area contributed by atoms with Gasteiger partial charge in [0.15, 0.2) is 0 Å². The number of ether oxygens (including phenoxy) is 1. The predicted octanol–water partition coefficient (Wildman–Crippen LogP) is 2.40. The Bertz CT molecular complexity index is 682. The lowest BCUT2D eigenvalue weighted by atomic mass is 10.7. The average Bonchev–Trinajstić information content (AvgIpc) is 2.74. The number of sulfonamides is 2. The van der Waals surface area contributed by atoms with Crippen molar-refractivity contribution in [1.82, 2.24) is 30.7 Å². The van der Waals surface area contributed by atoms with Crippen molar-refractivity contribution in [3.63, 3.8) is 0 Å². The summed E-state index contributed by atoms with van der Waals surface area (Å²) < 4.78 is 48.1. The first-order valence-electron chi connectivity index (χ1n) is 9.41. The standard InChI is InChI=1S/C4H8O2.C3H8N2O.2C3H7NO.2C2H7NO2S.7CH4/c1-3-6-4(2)5;1-4-3(6)5-2;2*1-3(5)4-2;2*1-3-6(2,4)5;;;;;;;/h3H2,1-2H3;1-2H3,(H2,4,5,6);2*1-2H3,(H,4,5);2*3H,1-2H3;7*1H4. The molecule has 0 aliphatic carbocycles. The first kappa shape index (κ1) is 83.3. The number of esters is 1. The van der Waals surface area contributed by atoms with E-state index in [2.05, 4.69) is 35.4 Å². The summed E-state index contributed by atoms with van der Waals surface area (Å²) in [6, 6.07) is -0.157. The van der Waals surface area contributed by atoms with Crippen LogP contribution in [-0.4, -0.2) is 102 Å². The maximum absolute atomic E-state index is 9.96. The summed E-state index contributed by atoms with van der Waals surface area (Å²) in [7, 11) is 3.25. The maximum Gasteiger partial charge on any atom is 0.314 e. The van der Waals surface area contributed by atoms with E-state index in [9.17, 15) is 36.0 Å². The van der Waals surface area contributed by atoms with Crippen molar-refractivity contribution in [3.05, 3.63) is 0 Å². The summed E-state index contributed by atoms with van der Waals surface area (Å²) in [6.45, 7) is 6.60. The predicted molar refractivity (Wildman–Crippen MR) is 180 cm³/mol. The highest BCUT2D eigenvalue weighted by molar-refractivity contribution is 7.88. The quantitative estimate of drug-likeness (QED) is 0.246. The minimum Gasteiger partial charge on any atom is -0.466 e. The van der Waals surface area contributed by atoms with E-state index in [4.69, 9.17) is 0 Å². The van der Waals surface area contributed by atoms with Gasteiger partial charge in [-0.3, -0.25) is 14.4 Å². The van der Waals surface area contributed by atoms with Crippen LogP contribution >= 0.6 is 0 Å². The highest BCUT2D eigenvalue weighted by atomic mass is 32.2. The number of amides is 4. The van der Waals surface area contributed by atoms with Crippen molar-refractivity contribution >= 4 is 43.9 Å². The van der Waals surface area contributed by atoms with E-state index in [0.717, 1.165) is 12.5 Å². The average molecular weight is 653 g/mol. The van der Waals surface area contributed by atoms with Gasteiger partial charge in [-0.2, -0.15) is 0 Å².